The van der Waals surface area contributed by atoms with Crippen molar-refractivity contribution in [3.8, 4) is 0 Å². The first-order valence-corrected chi connectivity index (χ1v) is 10.3. The number of nitrogens with zero attached hydrogens (tertiary/aromatic N) is 2. The van der Waals surface area contributed by atoms with Crippen molar-refractivity contribution in [1.82, 2.24) is 15.5 Å². The number of aliphatic hydroxyl groups is 1. The van der Waals surface area contributed by atoms with Crippen molar-refractivity contribution >= 4 is 17.3 Å². The molecule has 1 heterocycles. The Labute approximate surface area is 167 Å². The third-order valence-electron chi connectivity index (χ3n) is 4.53. The molecule has 5 nitrogen and oxygen atoms in total. The molecule has 27 heavy (non-hydrogen) atoms. The van der Waals surface area contributed by atoms with Crippen LogP contribution in [0.25, 0.3) is 0 Å². The minimum atomic E-state index is -0.952. The number of guanidine groups is 1. The molecule has 0 saturated heterocycles. The smallest absolute Gasteiger partial charge is 0.191 e. The standard InChI is InChI=1S/C21H32N4OS/c1-5-22-20(24-16-21(3,26)19-12-9-13-27-19)23-14-17(2)25(4)15-18-10-7-6-8-11-18/h6-13,17,26H,5,14-16H2,1-4H3,(H2,22,23,24). The molecule has 148 valence electrons. The van der Waals surface area contributed by atoms with Gasteiger partial charge in [-0.25, -0.2) is 4.99 Å². The van der Waals surface area contributed by atoms with Crippen LogP contribution in [0.3, 0.4) is 0 Å². The maximum Gasteiger partial charge on any atom is 0.191 e. The van der Waals surface area contributed by atoms with Crippen molar-refractivity contribution in [2.24, 2.45) is 4.99 Å². The van der Waals surface area contributed by atoms with Gasteiger partial charge in [0.05, 0.1) is 6.54 Å². The van der Waals surface area contributed by atoms with E-state index in [1.807, 2.05) is 37.4 Å². The lowest BCUT2D eigenvalue weighted by atomic mass is 10.1. The summed E-state index contributed by atoms with van der Waals surface area (Å²) in [4.78, 5) is 7.83. The number of aliphatic imine (C=N–C) groups is 1. The molecule has 0 aliphatic rings. The molecule has 0 saturated carbocycles. The van der Waals surface area contributed by atoms with Gasteiger partial charge in [0.25, 0.3) is 0 Å². The van der Waals surface area contributed by atoms with E-state index in [9.17, 15) is 5.11 Å². The van der Waals surface area contributed by atoms with Gasteiger partial charge in [0.1, 0.15) is 5.60 Å². The van der Waals surface area contributed by atoms with Crippen LogP contribution in [-0.2, 0) is 12.1 Å². The Kier molecular flexibility index (Phi) is 8.28. The molecule has 0 bridgehead atoms. The summed E-state index contributed by atoms with van der Waals surface area (Å²) in [6, 6.07) is 14.7. The quantitative estimate of drug-likeness (QED) is 0.456. The van der Waals surface area contributed by atoms with Crippen LogP contribution in [0.15, 0.2) is 52.8 Å². The molecule has 2 atom stereocenters. The van der Waals surface area contributed by atoms with Crippen molar-refractivity contribution in [2.75, 3.05) is 26.7 Å². The summed E-state index contributed by atoms with van der Waals surface area (Å²) in [5.41, 5.74) is 0.353. The van der Waals surface area contributed by atoms with Crippen LogP contribution in [0.2, 0.25) is 0 Å². The summed E-state index contributed by atoms with van der Waals surface area (Å²) in [7, 11) is 2.13. The maximum absolute atomic E-state index is 10.7. The Morgan fingerprint density at radius 2 is 1.96 bits per heavy atom. The van der Waals surface area contributed by atoms with Gasteiger partial charge in [-0.2, -0.15) is 0 Å². The van der Waals surface area contributed by atoms with Crippen LogP contribution in [0.4, 0.5) is 0 Å². The molecule has 2 aromatic rings. The average molecular weight is 389 g/mol. The van der Waals surface area contributed by atoms with Crippen LogP contribution in [0.5, 0.6) is 0 Å². The molecule has 0 aliphatic heterocycles. The number of hydrogen-bond acceptors (Lipinski definition) is 4. The van der Waals surface area contributed by atoms with Gasteiger partial charge in [0.15, 0.2) is 5.96 Å². The van der Waals surface area contributed by atoms with Gasteiger partial charge in [0.2, 0.25) is 0 Å². The summed E-state index contributed by atoms with van der Waals surface area (Å²) in [6.07, 6.45) is 0. The number of benzene rings is 1. The predicted molar refractivity (Wildman–Crippen MR) is 115 cm³/mol. The second-order valence-corrected chi connectivity index (χ2v) is 8.02. The second-order valence-electron chi connectivity index (χ2n) is 7.08. The Bertz CT molecular complexity index is 685. The van der Waals surface area contributed by atoms with Gasteiger partial charge in [0, 0.05) is 30.6 Å². The van der Waals surface area contributed by atoms with E-state index in [1.54, 1.807) is 11.3 Å². The van der Waals surface area contributed by atoms with E-state index in [0.29, 0.717) is 12.6 Å². The van der Waals surface area contributed by atoms with E-state index < -0.39 is 5.60 Å². The lowest BCUT2D eigenvalue weighted by Gasteiger charge is -2.26. The monoisotopic (exact) mass is 388 g/mol. The largest absolute Gasteiger partial charge is 0.383 e. The molecule has 1 aromatic carbocycles. The van der Waals surface area contributed by atoms with Gasteiger partial charge < -0.3 is 15.7 Å². The van der Waals surface area contributed by atoms with E-state index in [4.69, 9.17) is 0 Å². The Morgan fingerprint density at radius 3 is 2.59 bits per heavy atom. The normalized spacial score (nSPS) is 15.4. The van der Waals surface area contributed by atoms with Gasteiger partial charge >= 0.3 is 0 Å². The SMILES string of the molecule is CCNC(=NCC(C)(O)c1cccs1)NCC(C)N(C)Cc1ccccc1. The Balaban J connectivity index is 1.89. The minimum absolute atomic E-state index is 0.317. The lowest BCUT2D eigenvalue weighted by Crippen LogP contribution is -2.45. The zero-order chi connectivity index (χ0) is 19.7. The molecule has 3 N–H and O–H groups in total. The molecule has 2 unspecified atom stereocenters. The van der Waals surface area contributed by atoms with Gasteiger partial charge in [-0.15, -0.1) is 11.3 Å². The highest BCUT2D eigenvalue weighted by Gasteiger charge is 2.24. The fourth-order valence-corrected chi connectivity index (χ4v) is 3.44. The van der Waals surface area contributed by atoms with Crippen molar-refractivity contribution in [2.45, 2.75) is 39.0 Å². The Hall–Kier alpha value is -1.89. The number of hydrogen-bond donors (Lipinski definition) is 3. The molecule has 0 amide bonds. The fraction of sp³-hybridized carbons (Fsp3) is 0.476. The third kappa shape index (κ3) is 6.97. The predicted octanol–water partition coefficient (Wildman–Crippen LogP) is 3.03. The van der Waals surface area contributed by atoms with E-state index in [0.717, 1.165) is 30.5 Å². The third-order valence-corrected chi connectivity index (χ3v) is 5.66. The Morgan fingerprint density at radius 1 is 1.22 bits per heavy atom. The van der Waals surface area contributed by atoms with Crippen molar-refractivity contribution in [1.29, 1.82) is 0 Å². The molecular formula is C21H32N4OS. The van der Waals surface area contributed by atoms with Crippen LogP contribution in [-0.4, -0.2) is 48.7 Å². The highest BCUT2D eigenvalue weighted by molar-refractivity contribution is 7.10. The van der Waals surface area contributed by atoms with Crippen LogP contribution < -0.4 is 10.6 Å². The highest BCUT2D eigenvalue weighted by atomic mass is 32.1. The summed E-state index contributed by atoms with van der Waals surface area (Å²) in [5.74, 6) is 0.731. The van der Waals surface area contributed by atoms with Crippen molar-refractivity contribution in [3.63, 3.8) is 0 Å². The molecule has 1 aromatic heterocycles. The minimum Gasteiger partial charge on any atom is -0.383 e. The topological polar surface area (TPSA) is 59.9 Å². The van der Waals surface area contributed by atoms with E-state index in [2.05, 4.69) is 58.8 Å². The fourth-order valence-electron chi connectivity index (χ4n) is 2.67. The zero-order valence-electron chi connectivity index (χ0n) is 16.8. The number of thiophene rings is 1. The number of likely N-dealkylation sites (N-methyl/N-ethyl adjacent to an activating group) is 1. The van der Waals surface area contributed by atoms with E-state index in [-0.39, 0.29) is 0 Å². The van der Waals surface area contributed by atoms with Crippen LogP contribution in [0.1, 0.15) is 31.2 Å². The zero-order valence-corrected chi connectivity index (χ0v) is 17.6. The molecule has 0 spiro atoms. The van der Waals surface area contributed by atoms with Gasteiger partial charge in [-0.05, 0) is 44.8 Å². The first-order chi connectivity index (χ1) is 12.9. The number of rotatable bonds is 9. The maximum atomic E-state index is 10.7. The van der Waals surface area contributed by atoms with Gasteiger partial charge in [-0.1, -0.05) is 36.4 Å². The summed E-state index contributed by atoms with van der Waals surface area (Å²) >= 11 is 1.55. The van der Waals surface area contributed by atoms with Gasteiger partial charge in [-0.3, -0.25) is 4.90 Å². The van der Waals surface area contributed by atoms with Crippen LogP contribution in [0, 0.1) is 0 Å². The number of nitrogens with one attached hydrogen (secondary N) is 2. The summed E-state index contributed by atoms with van der Waals surface area (Å²) in [6.45, 7) is 8.82. The van der Waals surface area contributed by atoms with E-state index >= 15 is 0 Å². The molecule has 0 fully saturated rings. The molecule has 0 radical (unpaired) electrons. The lowest BCUT2D eigenvalue weighted by molar-refractivity contribution is 0.0711. The van der Waals surface area contributed by atoms with E-state index in [1.165, 1.54) is 5.56 Å². The molecule has 0 aliphatic carbocycles. The van der Waals surface area contributed by atoms with Crippen molar-refractivity contribution < 1.29 is 5.11 Å². The molecule has 2 rings (SSSR count). The first kappa shape index (κ1) is 21.4. The molecule has 6 heteroatoms. The molecular weight excluding hydrogens is 356 g/mol. The highest BCUT2D eigenvalue weighted by Crippen LogP contribution is 2.25. The van der Waals surface area contributed by atoms with Crippen molar-refractivity contribution in [3.05, 3.63) is 58.3 Å². The summed E-state index contributed by atoms with van der Waals surface area (Å²) in [5, 5.41) is 19.3. The first-order valence-electron chi connectivity index (χ1n) is 9.45. The second kappa shape index (κ2) is 10.4. The average Bonchev–Trinajstić information content (AvgIpc) is 3.20. The summed E-state index contributed by atoms with van der Waals surface area (Å²) < 4.78 is 0. The van der Waals surface area contributed by atoms with Crippen LogP contribution >= 0.6 is 11.3 Å².